The Morgan fingerprint density at radius 3 is 2.72 bits per heavy atom. The summed E-state index contributed by atoms with van der Waals surface area (Å²) < 4.78 is 0. The second-order valence-electron chi connectivity index (χ2n) is 3.92. The van der Waals surface area contributed by atoms with Gasteiger partial charge in [0.2, 0.25) is 0 Å². The highest BCUT2D eigenvalue weighted by Crippen LogP contribution is 2.07. The maximum absolute atomic E-state index is 9.12. The van der Waals surface area contributed by atoms with E-state index in [0.29, 0.717) is 5.11 Å². The zero-order chi connectivity index (χ0) is 13.2. The topological polar surface area (TPSA) is 56.7 Å². The van der Waals surface area contributed by atoms with Gasteiger partial charge < -0.3 is 10.4 Å². The molecule has 0 amide bonds. The predicted molar refractivity (Wildman–Crippen MR) is 79.0 cm³/mol. The van der Waals surface area contributed by atoms with Crippen molar-refractivity contribution in [3.05, 3.63) is 29.8 Å². The van der Waals surface area contributed by atoms with Gasteiger partial charge >= 0.3 is 0 Å². The standard InChI is InChI=1S/C13H19N3OS/c1-2-3-4-9-14-13(18)16-15-10-11-5-7-12(17)8-6-11/h5-8,10,17H,2-4,9H2,1H3,(H2,14,16,18)/b15-10+. The number of hydrogen-bond acceptors (Lipinski definition) is 3. The lowest BCUT2D eigenvalue weighted by molar-refractivity contribution is 0.475. The number of thiocarbonyl (C=S) groups is 1. The lowest BCUT2D eigenvalue weighted by Gasteiger charge is -2.05. The normalized spacial score (nSPS) is 10.5. The molecule has 18 heavy (non-hydrogen) atoms. The molecule has 0 aliphatic heterocycles. The first-order valence-electron chi connectivity index (χ1n) is 6.08. The number of unbranched alkanes of at least 4 members (excludes halogenated alkanes) is 2. The van der Waals surface area contributed by atoms with Crippen LogP contribution in [-0.4, -0.2) is 23.0 Å². The number of hydrazone groups is 1. The monoisotopic (exact) mass is 265 g/mol. The minimum Gasteiger partial charge on any atom is -0.508 e. The molecule has 1 aromatic rings. The van der Waals surface area contributed by atoms with E-state index in [-0.39, 0.29) is 5.75 Å². The van der Waals surface area contributed by atoms with Crippen LogP contribution in [0.15, 0.2) is 29.4 Å². The van der Waals surface area contributed by atoms with Crippen molar-refractivity contribution in [3.8, 4) is 5.75 Å². The molecule has 1 aromatic carbocycles. The van der Waals surface area contributed by atoms with E-state index < -0.39 is 0 Å². The van der Waals surface area contributed by atoms with Gasteiger partial charge in [-0.3, -0.25) is 5.43 Å². The fourth-order valence-corrected chi connectivity index (χ4v) is 1.50. The van der Waals surface area contributed by atoms with Crippen LogP contribution in [0, 0.1) is 0 Å². The van der Waals surface area contributed by atoms with Crippen LogP contribution in [0.2, 0.25) is 0 Å². The Morgan fingerprint density at radius 1 is 1.33 bits per heavy atom. The van der Waals surface area contributed by atoms with E-state index in [9.17, 15) is 0 Å². The molecule has 0 unspecified atom stereocenters. The summed E-state index contributed by atoms with van der Waals surface area (Å²) in [6.45, 7) is 3.03. The Morgan fingerprint density at radius 2 is 2.06 bits per heavy atom. The maximum Gasteiger partial charge on any atom is 0.186 e. The Kier molecular flexibility index (Phi) is 6.79. The predicted octanol–water partition coefficient (Wildman–Crippen LogP) is 2.38. The van der Waals surface area contributed by atoms with Crippen molar-refractivity contribution in [1.82, 2.24) is 10.7 Å². The number of nitrogens with zero attached hydrogens (tertiary/aromatic N) is 1. The Labute approximate surface area is 113 Å². The van der Waals surface area contributed by atoms with Gasteiger partial charge in [-0.15, -0.1) is 0 Å². The fourth-order valence-electron chi connectivity index (χ4n) is 1.34. The van der Waals surface area contributed by atoms with Gasteiger partial charge in [0.25, 0.3) is 0 Å². The first-order chi connectivity index (χ1) is 8.72. The van der Waals surface area contributed by atoms with Gasteiger partial charge in [-0.1, -0.05) is 19.8 Å². The van der Waals surface area contributed by atoms with Gasteiger partial charge in [-0.25, -0.2) is 0 Å². The molecule has 0 aliphatic carbocycles. The molecule has 0 aliphatic rings. The van der Waals surface area contributed by atoms with Crippen LogP contribution >= 0.6 is 12.2 Å². The highest BCUT2D eigenvalue weighted by Gasteiger charge is 1.92. The molecule has 1 rings (SSSR count). The van der Waals surface area contributed by atoms with E-state index in [1.165, 1.54) is 12.8 Å². The zero-order valence-electron chi connectivity index (χ0n) is 10.5. The number of hydrogen-bond donors (Lipinski definition) is 3. The number of nitrogens with one attached hydrogen (secondary N) is 2. The molecule has 0 spiro atoms. The molecule has 3 N–H and O–H groups in total. The van der Waals surface area contributed by atoms with Crippen molar-refractivity contribution in [2.75, 3.05) is 6.54 Å². The first-order valence-corrected chi connectivity index (χ1v) is 6.49. The number of phenolic OH excluding ortho intramolecular Hbond substituents is 1. The van der Waals surface area contributed by atoms with E-state index in [0.717, 1.165) is 18.5 Å². The Hall–Kier alpha value is -1.62. The van der Waals surface area contributed by atoms with Gasteiger partial charge in [-0.2, -0.15) is 5.10 Å². The second-order valence-corrected chi connectivity index (χ2v) is 4.33. The third-order valence-corrected chi connectivity index (χ3v) is 2.57. The average Bonchev–Trinajstić information content (AvgIpc) is 2.37. The van der Waals surface area contributed by atoms with Crippen LogP contribution < -0.4 is 10.7 Å². The third-order valence-electron chi connectivity index (χ3n) is 2.34. The Balaban J connectivity index is 2.23. The van der Waals surface area contributed by atoms with Gasteiger partial charge in [0.15, 0.2) is 5.11 Å². The van der Waals surface area contributed by atoms with Crippen molar-refractivity contribution < 1.29 is 5.11 Å². The molecule has 4 nitrogen and oxygen atoms in total. The summed E-state index contributed by atoms with van der Waals surface area (Å²) in [7, 11) is 0. The largest absolute Gasteiger partial charge is 0.508 e. The molecular formula is C13H19N3OS. The molecular weight excluding hydrogens is 246 g/mol. The molecule has 0 bridgehead atoms. The van der Waals surface area contributed by atoms with Crippen LogP contribution in [0.5, 0.6) is 5.75 Å². The number of phenols is 1. The molecule has 5 heteroatoms. The second kappa shape index (κ2) is 8.47. The summed E-state index contributed by atoms with van der Waals surface area (Å²) in [5.41, 5.74) is 3.65. The lowest BCUT2D eigenvalue weighted by Crippen LogP contribution is -2.32. The van der Waals surface area contributed by atoms with E-state index in [4.69, 9.17) is 17.3 Å². The van der Waals surface area contributed by atoms with Gasteiger partial charge in [0.1, 0.15) is 5.75 Å². The minimum atomic E-state index is 0.244. The van der Waals surface area contributed by atoms with Crippen LogP contribution in [0.4, 0.5) is 0 Å². The summed E-state index contributed by atoms with van der Waals surface area (Å²) in [5, 5.41) is 16.7. The van der Waals surface area contributed by atoms with Gasteiger partial charge in [0.05, 0.1) is 6.21 Å². The van der Waals surface area contributed by atoms with Crippen LogP contribution in [0.3, 0.4) is 0 Å². The number of rotatable bonds is 6. The Bertz CT molecular complexity index is 390. The average molecular weight is 265 g/mol. The summed E-state index contributed by atoms with van der Waals surface area (Å²) in [6, 6.07) is 6.78. The molecule has 0 saturated heterocycles. The molecule has 0 radical (unpaired) electrons. The maximum atomic E-state index is 9.12. The van der Waals surface area contributed by atoms with E-state index in [2.05, 4.69) is 22.8 Å². The summed E-state index contributed by atoms with van der Waals surface area (Å²) in [4.78, 5) is 0. The lowest BCUT2D eigenvalue weighted by atomic mass is 10.2. The number of aromatic hydroxyl groups is 1. The van der Waals surface area contributed by atoms with E-state index in [1.807, 2.05) is 0 Å². The number of benzene rings is 1. The van der Waals surface area contributed by atoms with Crippen LogP contribution in [-0.2, 0) is 0 Å². The molecule has 0 heterocycles. The molecule has 0 saturated carbocycles. The quantitative estimate of drug-likeness (QED) is 0.320. The van der Waals surface area contributed by atoms with Gasteiger partial charge in [0, 0.05) is 6.54 Å². The molecule has 0 atom stereocenters. The molecule has 98 valence electrons. The van der Waals surface area contributed by atoms with Crippen LogP contribution in [0.1, 0.15) is 31.7 Å². The van der Waals surface area contributed by atoms with Crippen molar-refractivity contribution in [2.24, 2.45) is 5.10 Å². The van der Waals surface area contributed by atoms with Crippen molar-refractivity contribution >= 4 is 23.5 Å². The van der Waals surface area contributed by atoms with Crippen molar-refractivity contribution in [2.45, 2.75) is 26.2 Å². The minimum absolute atomic E-state index is 0.244. The summed E-state index contributed by atoms with van der Waals surface area (Å²) in [5.74, 6) is 0.244. The smallest absolute Gasteiger partial charge is 0.186 e. The van der Waals surface area contributed by atoms with Crippen molar-refractivity contribution in [1.29, 1.82) is 0 Å². The molecule has 0 fully saturated rings. The van der Waals surface area contributed by atoms with Crippen molar-refractivity contribution in [3.63, 3.8) is 0 Å². The SMILES string of the molecule is CCCCCNC(=S)N/N=C/c1ccc(O)cc1. The van der Waals surface area contributed by atoms with E-state index in [1.54, 1.807) is 30.5 Å². The highest BCUT2D eigenvalue weighted by atomic mass is 32.1. The summed E-state index contributed by atoms with van der Waals surface area (Å²) >= 11 is 5.06. The third kappa shape index (κ3) is 6.20. The van der Waals surface area contributed by atoms with Gasteiger partial charge in [-0.05, 0) is 48.5 Å². The highest BCUT2D eigenvalue weighted by molar-refractivity contribution is 7.80. The fraction of sp³-hybridized carbons (Fsp3) is 0.385. The molecule has 0 aromatic heterocycles. The van der Waals surface area contributed by atoms with E-state index >= 15 is 0 Å². The zero-order valence-corrected chi connectivity index (χ0v) is 11.3. The van der Waals surface area contributed by atoms with Crippen LogP contribution in [0.25, 0.3) is 0 Å². The summed E-state index contributed by atoms with van der Waals surface area (Å²) in [6.07, 6.45) is 5.16. The first kappa shape index (κ1) is 14.4.